The van der Waals surface area contributed by atoms with Gasteiger partial charge in [0.15, 0.2) is 17.6 Å². The molecule has 4 atom stereocenters. The number of ether oxygens (including phenoxy) is 1. The number of hydrogen-bond acceptors (Lipinski definition) is 5. The van der Waals surface area contributed by atoms with Gasteiger partial charge in [0.05, 0.1) is 16.6 Å². The van der Waals surface area contributed by atoms with Gasteiger partial charge in [0.2, 0.25) is 0 Å². The molecule has 0 radical (unpaired) electrons. The third kappa shape index (κ3) is 2.37. The molecule has 0 amide bonds. The number of anilines is 1. The quantitative estimate of drug-likeness (QED) is 0.507. The number of likely N-dealkylation sites (tertiary alicyclic amines) is 1. The van der Waals surface area contributed by atoms with Gasteiger partial charge in [-0.05, 0) is 80.8 Å². The number of phenolic OH excluding ortho intramolecular Hbond substituents is 1. The standard InChI is InChI=1S/C29H30ClN3O2/c1-2-28-13-19-24(31)18-12-17(30)6-7-20(18)32-25(19)27-29(28)9-10-33(14-15-3-4-15)22(28)11-16-5-8-21(34)26(35-27)23(16)29/h5-8,12,15,22,27,34H,2-4,9-11,13-14H2,1H3,(H2,31,32)/t22-,27+,28+,29+/m1/s1. The van der Waals surface area contributed by atoms with Crippen LogP contribution >= 0.6 is 11.6 Å². The van der Waals surface area contributed by atoms with Gasteiger partial charge >= 0.3 is 0 Å². The fourth-order valence-corrected chi connectivity index (χ4v) is 8.71. The highest BCUT2D eigenvalue weighted by Gasteiger charge is 2.72. The molecule has 2 bridgehead atoms. The minimum Gasteiger partial charge on any atom is -0.504 e. The van der Waals surface area contributed by atoms with E-state index in [0.717, 1.165) is 66.0 Å². The van der Waals surface area contributed by atoms with Gasteiger partial charge in [-0.25, -0.2) is 4.98 Å². The first kappa shape index (κ1) is 20.7. The minimum atomic E-state index is -0.235. The zero-order valence-electron chi connectivity index (χ0n) is 20.0. The van der Waals surface area contributed by atoms with E-state index in [9.17, 15) is 5.11 Å². The Morgan fingerprint density at radius 3 is 2.91 bits per heavy atom. The molecule has 5 nitrogen and oxygen atoms in total. The topological polar surface area (TPSA) is 71.6 Å². The number of nitrogens with two attached hydrogens (primary N) is 1. The number of nitrogen functional groups attached to an aromatic ring is 1. The van der Waals surface area contributed by atoms with Crippen LogP contribution in [0.15, 0.2) is 30.3 Å². The van der Waals surface area contributed by atoms with E-state index in [1.54, 1.807) is 0 Å². The first-order valence-corrected chi connectivity index (χ1v) is 13.5. The molecule has 2 aromatic carbocycles. The Morgan fingerprint density at radius 1 is 1.26 bits per heavy atom. The molecule has 2 fully saturated rings. The maximum Gasteiger partial charge on any atom is 0.166 e. The highest BCUT2D eigenvalue weighted by Crippen LogP contribution is 2.73. The molecule has 1 saturated carbocycles. The van der Waals surface area contributed by atoms with Crippen molar-refractivity contribution in [2.75, 3.05) is 18.8 Å². The Bertz CT molecular complexity index is 1440. The summed E-state index contributed by atoms with van der Waals surface area (Å²) in [6.07, 6.45) is 6.45. The van der Waals surface area contributed by atoms with E-state index >= 15 is 0 Å². The van der Waals surface area contributed by atoms with E-state index in [4.69, 9.17) is 27.1 Å². The van der Waals surface area contributed by atoms with Crippen LogP contribution in [0.1, 0.15) is 61.1 Å². The summed E-state index contributed by atoms with van der Waals surface area (Å²) in [5, 5.41) is 12.6. The number of pyridine rings is 1. The first-order valence-electron chi connectivity index (χ1n) is 13.1. The number of fused-ring (bicyclic) bond motifs is 3. The average molecular weight is 488 g/mol. The van der Waals surface area contributed by atoms with Crippen molar-refractivity contribution in [1.82, 2.24) is 9.88 Å². The largest absolute Gasteiger partial charge is 0.504 e. The van der Waals surface area contributed by atoms with Crippen molar-refractivity contribution in [3.05, 3.63) is 57.7 Å². The molecule has 1 saturated heterocycles. The van der Waals surface area contributed by atoms with E-state index in [1.165, 1.54) is 30.5 Å². The summed E-state index contributed by atoms with van der Waals surface area (Å²) in [6.45, 7) is 4.62. The predicted molar refractivity (Wildman–Crippen MR) is 137 cm³/mol. The monoisotopic (exact) mass is 487 g/mol. The Labute approximate surface area is 210 Å². The third-order valence-electron chi connectivity index (χ3n) is 10.2. The van der Waals surface area contributed by atoms with Gasteiger partial charge in [-0.15, -0.1) is 0 Å². The molecular formula is C29H30ClN3O2. The molecule has 8 rings (SSSR count). The van der Waals surface area contributed by atoms with Crippen molar-refractivity contribution in [2.24, 2.45) is 11.3 Å². The van der Waals surface area contributed by atoms with E-state index in [-0.39, 0.29) is 22.7 Å². The summed E-state index contributed by atoms with van der Waals surface area (Å²) in [4.78, 5) is 7.98. The van der Waals surface area contributed by atoms with Crippen molar-refractivity contribution in [2.45, 2.75) is 63.0 Å². The highest BCUT2D eigenvalue weighted by atomic mass is 35.5. The molecule has 2 aliphatic heterocycles. The van der Waals surface area contributed by atoms with Crippen LogP contribution in [0.4, 0.5) is 5.69 Å². The van der Waals surface area contributed by atoms with E-state index in [0.29, 0.717) is 16.8 Å². The SMILES string of the molecule is CC[C@@]12Cc3c(nc4ccc(Cl)cc4c3N)[C@@H]3Oc4c(O)ccc5c4[C@@]31CCN(CC1CC1)[C@@H]2C5. The van der Waals surface area contributed by atoms with Crippen LogP contribution < -0.4 is 10.5 Å². The van der Waals surface area contributed by atoms with E-state index in [2.05, 4.69) is 17.9 Å². The van der Waals surface area contributed by atoms with Crippen LogP contribution in [0.25, 0.3) is 10.9 Å². The van der Waals surface area contributed by atoms with Crippen molar-refractivity contribution < 1.29 is 9.84 Å². The van der Waals surface area contributed by atoms with Crippen molar-refractivity contribution in [3.8, 4) is 11.5 Å². The minimum absolute atomic E-state index is 0.0219. The van der Waals surface area contributed by atoms with Crippen LogP contribution in [0.5, 0.6) is 11.5 Å². The zero-order valence-corrected chi connectivity index (χ0v) is 20.7. The number of halogens is 1. The van der Waals surface area contributed by atoms with Gasteiger partial charge in [0, 0.05) is 45.2 Å². The summed E-state index contributed by atoms with van der Waals surface area (Å²) < 4.78 is 6.81. The summed E-state index contributed by atoms with van der Waals surface area (Å²) in [6, 6.07) is 10.2. The second kappa shape index (κ2) is 6.63. The lowest BCUT2D eigenvalue weighted by Crippen LogP contribution is -2.70. The summed E-state index contributed by atoms with van der Waals surface area (Å²) in [5.41, 5.74) is 13.0. The van der Waals surface area contributed by atoms with Gasteiger partial charge in [-0.2, -0.15) is 0 Å². The van der Waals surface area contributed by atoms with Crippen molar-refractivity contribution >= 4 is 28.2 Å². The molecule has 5 aliphatic rings. The molecule has 6 heteroatoms. The second-order valence-corrected chi connectivity index (χ2v) is 12.0. The molecule has 35 heavy (non-hydrogen) atoms. The van der Waals surface area contributed by atoms with Gasteiger partial charge in [-0.3, -0.25) is 4.90 Å². The highest BCUT2D eigenvalue weighted by molar-refractivity contribution is 6.31. The predicted octanol–water partition coefficient (Wildman–Crippen LogP) is 5.54. The fraction of sp³-hybridized carbons (Fsp3) is 0.483. The molecule has 180 valence electrons. The number of piperidine rings is 1. The number of rotatable bonds is 3. The number of aromatic hydroxyl groups is 1. The van der Waals surface area contributed by atoms with Crippen LogP contribution in [0, 0.1) is 11.3 Å². The maximum absolute atomic E-state index is 11.0. The Morgan fingerprint density at radius 2 is 2.11 bits per heavy atom. The molecular weight excluding hydrogens is 458 g/mol. The Balaban J connectivity index is 1.44. The van der Waals surface area contributed by atoms with Gasteiger partial charge in [-0.1, -0.05) is 24.6 Å². The summed E-state index contributed by atoms with van der Waals surface area (Å²) >= 11 is 6.37. The van der Waals surface area contributed by atoms with Crippen molar-refractivity contribution in [3.63, 3.8) is 0 Å². The lowest BCUT2D eigenvalue weighted by Gasteiger charge is -2.65. The second-order valence-electron chi connectivity index (χ2n) is 11.6. The van der Waals surface area contributed by atoms with Crippen LogP contribution in [-0.2, 0) is 18.3 Å². The van der Waals surface area contributed by atoms with Gasteiger partial charge in [0.25, 0.3) is 0 Å². The molecule has 3 aliphatic carbocycles. The van der Waals surface area contributed by atoms with Crippen LogP contribution in [0.3, 0.4) is 0 Å². The number of nitrogens with zero attached hydrogens (tertiary/aromatic N) is 2. The van der Waals surface area contributed by atoms with Crippen molar-refractivity contribution in [1.29, 1.82) is 0 Å². The molecule has 3 aromatic rings. The number of aromatic nitrogens is 1. The van der Waals surface area contributed by atoms with Gasteiger partial charge < -0.3 is 15.6 Å². The summed E-state index contributed by atoms with van der Waals surface area (Å²) in [7, 11) is 0. The van der Waals surface area contributed by atoms with E-state index in [1.807, 2.05) is 24.3 Å². The lowest BCUT2D eigenvalue weighted by atomic mass is 9.42. The average Bonchev–Trinajstić information content (AvgIpc) is 3.60. The molecule has 0 unspecified atom stereocenters. The van der Waals surface area contributed by atoms with E-state index < -0.39 is 0 Å². The van der Waals surface area contributed by atoms with Crippen LogP contribution in [-0.4, -0.2) is 34.1 Å². The Hall–Kier alpha value is -2.50. The Kier molecular flexibility index (Phi) is 3.91. The number of phenols is 1. The summed E-state index contributed by atoms with van der Waals surface area (Å²) in [5.74, 6) is 1.78. The first-order chi connectivity index (χ1) is 17.0. The number of benzene rings is 2. The third-order valence-corrected chi connectivity index (χ3v) is 10.4. The van der Waals surface area contributed by atoms with Gasteiger partial charge in [0.1, 0.15) is 0 Å². The lowest BCUT2D eigenvalue weighted by molar-refractivity contribution is -0.113. The maximum atomic E-state index is 11.0. The molecule has 3 N–H and O–H groups in total. The van der Waals surface area contributed by atoms with Crippen LogP contribution in [0.2, 0.25) is 5.02 Å². The fourth-order valence-electron chi connectivity index (χ4n) is 8.54. The smallest absolute Gasteiger partial charge is 0.166 e. The normalized spacial score (nSPS) is 32.3. The molecule has 1 aromatic heterocycles. The zero-order chi connectivity index (χ0) is 23.7. The molecule has 1 spiro atoms. The molecule has 3 heterocycles. The number of hydrogen-bond donors (Lipinski definition) is 2.